The number of rotatable bonds is 14. The van der Waals surface area contributed by atoms with Crippen LogP contribution >= 0.6 is 7.26 Å². The molecule has 29 heavy (non-hydrogen) atoms. The van der Waals surface area contributed by atoms with Gasteiger partial charge in [-0.2, -0.15) is 0 Å². The molecule has 0 amide bonds. The molecule has 0 radical (unpaired) electrons. The van der Waals surface area contributed by atoms with E-state index >= 15 is 4.39 Å². The van der Waals surface area contributed by atoms with Crippen LogP contribution in [0.3, 0.4) is 0 Å². The van der Waals surface area contributed by atoms with Crippen LogP contribution in [0.15, 0.2) is 60.7 Å². The first-order valence-corrected chi connectivity index (χ1v) is 14.2. The fourth-order valence-electron chi connectivity index (χ4n) is 4.74. The van der Waals surface area contributed by atoms with Crippen molar-refractivity contribution in [3.05, 3.63) is 60.7 Å². The van der Waals surface area contributed by atoms with Crippen molar-refractivity contribution < 1.29 is 4.39 Å². The zero-order valence-corrected chi connectivity index (χ0v) is 19.9. The van der Waals surface area contributed by atoms with Gasteiger partial charge >= 0.3 is 179 Å². The van der Waals surface area contributed by atoms with Gasteiger partial charge in [-0.1, -0.05) is 0 Å². The second kappa shape index (κ2) is 13.2. The molecule has 0 aromatic heterocycles. The van der Waals surface area contributed by atoms with Crippen LogP contribution in [0.1, 0.15) is 78.6 Å². The number of benzene rings is 2. The minimum absolute atomic E-state index is 0.704. The third-order valence-electron chi connectivity index (χ3n) is 6.66. The molecule has 0 nitrogen and oxygen atoms in total. The SMILES string of the molecule is CCCCCC(F)[PH](CCC(CC)CCCC)(c1ccccc1)c1ccccc1. The summed E-state index contributed by atoms with van der Waals surface area (Å²) < 4.78 is 16.3. The Bertz CT molecular complexity index is 615. The number of unbranched alkanes of at least 4 members (excludes halogenated alkanes) is 3. The molecule has 0 heterocycles. The van der Waals surface area contributed by atoms with Crippen LogP contribution in [-0.2, 0) is 0 Å². The van der Waals surface area contributed by atoms with Crippen molar-refractivity contribution in [2.75, 3.05) is 6.16 Å². The van der Waals surface area contributed by atoms with E-state index in [1.165, 1.54) is 36.3 Å². The predicted molar refractivity (Wildman–Crippen MR) is 132 cm³/mol. The van der Waals surface area contributed by atoms with Crippen LogP contribution in [0.4, 0.5) is 4.39 Å². The number of hydrogen-bond acceptors (Lipinski definition) is 0. The van der Waals surface area contributed by atoms with Crippen molar-refractivity contribution in [2.45, 2.75) is 84.5 Å². The van der Waals surface area contributed by atoms with Gasteiger partial charge in [0.25, 0.3) is 0 Å². The summed E-state index contributed by atoms with van der Waals surface area (Å²) in [5.41, 5.74) is 0. The van der Waals surface area contributed by atoms with Gasteiger partial charge in [0.1, 0.15) is 0 Å². The Morgan fingerprint density at radius 2 is 1.24 bits per heavy atom. The summed E-state index contributed by atoms with van der Waals surface area (Å²) >= 11 is 0. The number of hydrogen-bond donors (Lipinski definition) is 0. The quantitative estimate of drug-likeness (QED) is 0.217. The van der Waals surface area contributed by atoms with E-state index in [-0.39, 0.29) is 0 Å². The molecule has 0 aliphatic heterocycles. The molecule has 2 aromatic carbocycles. The van der Waals surface area contributed by atoms with E-state index < -0.39 is 13.2 Å². The summed E-state index contributed by atoms with van der Waals surface area (Å²) in [7, 11) is -2.49. The van der Waals surface area contributed by atoms with Crippen LogP contribution in [0.2, 0.25) is 0 Å². The molecule has 2 rings (SSSR count). The van der Waals surface area contributed by atoms with Crippen LogP contribution in [-0.4, -0.2) is 12.1 Å². The molecule has 0 fully saturated rings. The molecule has 0 saturated heterocycles. The Morgan fingerprint density at radius 1 is 0.690 bits per heavy atom. The van der Waals surface area contributed by atoms with Crippen LogP contribution < -0.4 is 10.6 Å². The third kappa shape index (κ3) is 6.65. The van der Waals surface area contributed by atoms with Crippen molar-refractivity contribution >= 4 is 17.9 Å². The van der Waals surface area contributed by atoms with E-state index in [1.807, 2.05) is 0 Å². The monoisotopic (exact) mass is 416 g/mol. The molecule has 2 heteroatoms. The van der Waals surface area contributed by atoms with Gasteiger partial charge in [0.2, 0.25) is 0 Å². The van der Waals surface area contributed by atoms with E-state index in [4.69, 9.17) is 0 Å². The van der Waals surface area contributed by atoms with Crippen LogP contribution in [0.25, 0.3) is 0 Å². The van der Waals surface area contributed by atoms with Gasteiger partial charge in [-0.3, -0.25) is 0 Å². The normalized spacial score (nSPS) is 14.5. The fourth-order valence-corrected chi connectivity index (χ4v) is 9.82. The van der Waals surface area contributed by atoms with Gasteiger partial charge < -0.3 is 0 Å². The Balaban J connectivity index is 2.42. The zero-order valence-electron chi connectivity index (χ0n) is 18.9. The molecular formula is C27H42FP. The molecule has 162 valence electrons. The van der Waals surface area contributed by atoms with Crippen molar-refractivity contribution in [3.8, 4) is 0 Å². The standard InChI is InChI=1S/C27H42FP/c1-4-7-11-21-27(28)29(25-17-12-9-13-18-25,26-19-14-10-15-20-26)23-22-24(6-3)16-8-5-2/h9-10,12-15,17-20,24,27,29H,4-8,11,16,21-23H2,1-3H3. The van der Waals surface area contributed by atoms with E-state index in [1.54, 1.807) is 0 Å². The number of alkyl halides is 1. The second-order valence-electron chi connectivity index (χ2n) is 8.62. The van der Waals surface area contributed by atoms with Crippen LogP contribution in [0, 0.1) is 5.92 Å². The fraction of sp³-hybridized carbons (Fsp3) is 0.556. The van der Waals surface area contributed by atoms with E-state index in [9.17, 15) is 0 Å². The van der Waals surface area contributed by atoms with Gasteiger partial charge in [0.05, 0.1) is 0 Å². The molecule has 0 spiro atoms. The maximum absolute atomic E-state index is 16.3. The van der Waals surface area contributed by atoms with Crippen LogP contribution in [0.5, 0.6) is 0 Å². The summed E-state index contributed by atoms with van der Waals surface area (Å²) in [6.45, 7) is 6.78. The third-order valence-corrected chi connectivity index (χ3v) is 11.8. The van der Waals surface area contributed by atoms with Crippen molar-refractivity contribution in [1.29, 1.82) is 0 Å². The van der Waals surface area contributed by atoms with Gasteiger partial charge in [0.15, 0.2) is 0 Å². The summed E-state index contributed by atoms with van der Waals surface area (Å²) in [5, 5.41) is 2.56. The topological polar surface area (TPSA) is 0 Å². The molecule has 2 unspecified atom stereocenters. The summed E-state index contributed by atoms with van der Waals surface area (Å²) in [6, 6.07) is 21.4. The second-order valence-corrected chi connectivity index (χ2v) is 12.8. The van der Waals surface area contributed by atoms with Gasteiger partial charge in [-0.15, -0.1) is 0 Å². The van der Waals surface area contributed by atoms with Gasteiger partial charge in [0, 0.05) is 0 Å². The predicted octanol–water partition coefficient (Wildman–Crippen LogP) is 7.87. The number of halogens is 1. The first kappa shape index (κ1) is 24.1. The average Bonchev–Trinajstić information content (AvgIpc) is 2.78. The molecule has 2 aromatic rings. The van der Waals surface area contributed by atoms with E-state index in [0.29, 0.717) is 6.42 Å². The zero-order chi connectivity index (χ0) is 21.0. The van der Waals surface area contributed by atoms with Crippen molar-refractivity contribution in [3.63, 3.8) is 0 Å². The molecule has 0 aliphatic rings. The Kier molecular flexibility index (Phi) is 10.9. The van der Waals surface area contributed by atoms with E-state index in [0.717, 1.165) is 37.8 Å². The molecular weight excluding hydrogens is 374 g/mol. The van der Waals surface area contributed by atoms with E-state index in [2.05, 4.69) is 81.4 Å². The van der Waals surface area contributed by atoms with Gasteiger partial charge in [-0.25, -0.2) is 0 Å². The van der Waals surface area contributed by atoms with Crippen molar-refractivity contribution in [2.24, 2.45) is 5.92 Å². The molecule has 0 N–H and O–H groups in total. The summed E-state index contributed by atoms with van der Waals surface area (Å²) in [6.07, 6.45) is 11.2. The molecule has 0 saturated carbocycles. The first-order chi connectivity index (χ1) is 14.2. The molecule has 2 atom stereocenters. The Morgan fingerprint density at radius 3 is 1.72 bits per heavy atom. The molecule has 0 aliphatic carbocycles. The Labute approximate surface area is 179 Å². The summed E-state index contributed by atoms with van der Waals surface area (Å²) in [5.74, 6) is -0.000349. The summed E-state index contributed by atoms with van der Waals surface area (Å²) in [4.78, 5) is 0. The minimum atomic E-state index is -2.49. The Hall–Kier alpha value is -1.20. The van der Waals surface area contributed by atoms with Gasteiger partial charge in [-0.05, 0) is 0 Å². The van der Waals surface area contributed by atoms with Crippen molar-refractivity contribution in [1.82, 2.24) is 0 Å². The maximum atomic E-state index is 16.3. The average molecular weight is 417 g/mol. The first-order valence-electron chi connectivity index (χ1n) is 11.9. The molecule has 0 bridgehead atoms.